The first kappa shape index (κ1) is 13.2. The van der Waals surface area contributed by atoms with Gasteiger partial charge in [-0.2, -0.15) is 5.10 Å². The number of fused-ring (bicyclic) bond motifs is 2. The molecule has 0 saturated heterocycles. The minimum atomic E-state index is -0.430. The second-order valence-corrected chi connectivity index (χ2v) is 5.14. The Morgan fingerprint density at radius 3 is 3.05 bits per heavy atom. The summed E-state index contributed by atoms with van der Waals surface area (Å²) in [5.74, 6) is 1.33. The lowest BCUT2D eigenvalue weighted by Crippen LogP contribution is -2.33. The predicted octanol–water partition coefficient (Wildman–Crippen LogP) is 0.391. The highest BCUT2D eigenvalue weighted by Gasteiger charge is 2.26. The molecule has 1 unspecified atom stereocenters. The molecule has 8 heteroatoms. The standard InChI is InChI=1S/C14H14N4O4/c19-6-9-7-21-12-10(5-15-17-14(12)22-9)11-4-8-2-1-3-20-13(8)18-16-11/h4-5,9,19H,1-3,6-7H2. The number of ether oxygens (including phenoxy) is 3. The summed E-state index contributed by atoms with van der Waals surface area (Å²) in [6.45, 7) is 0.789. The summed E-state index contributed by atoms with van der Waals surface area (Å²) in [5.41, 5.74) is 2.33. The van der Waals surface area contributed by atoms with Gasteiger partial charge in [-0.3, -0.25) is 0 Å². The van der Waals surface area contributed by atoms with Gasteiger partial charge in [-0.05, 0) is 18.9 Å². The molecule has 4 heterocycles. The summed E-state index contributed by atoms with van der Waals surface area (Å²) >= 11 is 0. The van der Waals surface area contributed by atoms with Crippen LogP contribution in [-0.4, -0.2) is 51.4 Å². The third-order valence-corrected chi connectivity index (χ3v) is 3.61. The van der Waals surface area contributed by atoms with E-state index in [4.69, 9.17) is 19.3 Å². The van der Waals surface area contributed by atoms with Crippen LogP contribution >= 0.6 is 0 Å². The molecule has 0 saturated carbocycles. The smallest absolute Gasteiger partial charge is 0.277 e. The number of aryl methyl sites for hydroxylation is 1. The van der Waals surface area contributed by atoms with Crippen LogP contribution in [-0.2, 0) is 6.42 Å². The van der Waals surface area contributed by atoms with E-state index in [0.717, 1.165) is 18.4 Å². The van der Waals surface area contributed by atoms with Gasteiger partial charge in [0.05, 0.1) is 30.7 Å². The van der Waals surface area contributed by atoms with Crippen LogP contribution in [0.2, 0.25) is 0 Å². The normalized spacial score (nSPS) is 19.2. The van der Waals surface area contributed by atoms with Crippen LogP contribution in [0.4, 0.5) is 0 Å². The zero-order valence-corrected chi connectivity index (χ0v) is 11.7. The molecule has 0 aromatic carbocycles. The van der Waals surface area contributed by atoms with Crippen molar-refractivity contribution < 1.29 is 19.3 Å². The highest BCUT2D eigenvalue weighted by atomic mass is 16.6. The van der Waals surface area contributed by atoms with E-state index in [1.165, 1.54) is 0 Å². The van der Waals surface area contributed by atoms with Crippen LogP contribution in [0.25, 0.3) is 11.3 Å². The van der Waals surface area contributed by atoms with Gasteiger partial charge in [-0.1, -0.05) is 0 Å². The number of rotatable bonds is 2. The van der Waals surface area contributed by atoms with Gasteiger partial charge in [0.25, 0.3) is 5.88 Å². The summed E-state index contributed by atoms with van der Waals surface area (Å²) in [4.78, 5) is 0. The monoisotopic (exact) mass is 302 g/mol. The molecule has 22 heavy (non-hydrogen) atoms. The molecule has 8 nitrogen and oxygen atoms in total. The molecule has 0 aliphatic carbocycles. The van der Waals surface area contributed by atoms with Gasteiger partial charge in [-0.15, -0.1) is 15.3 Å². The van der Waals surface area contributed by atoms with Gasteiger partial charge in [0, 0.05) is 5.56 Å². The molecule has 0 bridgehead atoms. The Kier molecular flexibility index (Phi) is 3.23. The first-order valence-electron chi connectivity index (χ1n) is 7.11. The maximum absolute atomic E-state index is 9.15. The zero-order chi connectivity index (χ0) is 14.9. The van der Waals surface area contributed by atoms with E-state index >= 15 is 0 Å². The first-order valence-corrected chi connectivity index (χ1v) is 7.11. The van der Waals surface area contributed by atoms with Gasteiger partial charge in [0.15, 0.2) is 11.9 Å². The first-order chi connectivity index (χ1) is 10.8. The maximum Gasteiger partial charge on any atom is 0.277 e. The molecule has 0 amide bonds. The average Bonchev–Trinajstić information content (AvgIpc) is 2.60. The average molecular weight is 302 g/mol. The molecule has 1 atom stereocenters. The van der Waals surface area contributed by atoms with Gasteiger partial charge in [0.1, 0.15) is 6.61 Å². The summed E-state index contributed by atoms with van der Waals surface area (Å²) in [5, 5.41) is 25.3. The lowest BCUT2D eigenvalue weighted by Gasteiger charge is -2.25. The summed E-state index contributed by atoms with van der Waals surface area (Å²) in [7, 11) is 0. The van der Waals surface area contributed by atoms with E-state index in [9.17, 15) is 0 Å². The summed E-state index contributed by atoms with van der Waals surface area (Å²) in [6.07, 6.45) is 3.01. The topological polar surface area (TPSA) is 99.5 Å². The third kappa shape index (κ3) is 2.21. The quantitative estimate of drug-likeness (QED) is 0.850. The van der Waals surface area contributed by atoms with Crippen molar-refractivity contribution in [1.29, 1.82) is 0 Å². The van der Waals surface area contributed by atoms with Crippen molar-refractivity contribution in [1.82, 2.24) is 20.4 Å². The Morgan fingerprint density at radius 2 is 2.14 bits per heavy atom. The highest BCUT2D eigenvalue weighted by molar-refractivity contribution is 5.69. The molecular formula is C14H14N4O4. The van der Waals surface area contributed by atoms with E-state index in [1.54, 1.807) is 6.20 Å². The second kappa shape index (κ2) is 5.38. The van der Waals surface area contributed by atoms with Crippen molar-refractivity contribution in [2.75, 3.05) is 19.8 Å². The Hall–Kier alpha value is -2.48. The fourth-order valence-electron chi connectivity index (χ4n) is 2.50. The molecule has 1 N–H and O–H groups in total. The molecule has 2 aromatic rings. The van der Waals surface area contributed by atoms with E-state index in [1.807, 2.05) is 6.07 Å². The lowest BCUT2D eigenvalue weighted by molar-refractivity contribution is 0.0404. The van der Waals surface area contributed by atoms with Gasteiger partial charge >= 0.3 is 0 Å². The van der Waals surface area contributed by atoms with Crippen LogP contribution in [0.5, 0.6) is 17.5 Å². The molecule has 0 spiro atoms. The van der Waals surface area contributed by atoms with Crippen molar-refractivity contribution in [3.63, 3.8) is 0 Å². The van der Waals surface area contributed by atoms with Gasteiger partial charge in [-0.25, -0.2) is 0 Å². The van der Waals surface area contributed by atoms with Crippen molar-refractivity contribution in [3.8, 4) is 28.8 Å². The maximum atomic E-state index is 9.15. The van der Waals surface area contributed by atoms with Crippen LogP contribution < -0.4 is 14.2 Å². The Balaban J connectivity index is 1.74. The summed E-state index contributed by atoms with van der Waals surface area (Å²) in [6, 6.07) is 1.93. The van der Waals surface area contributed by atoms with Crippen molar-refractivity contribution in [2.24, 2.45) is 0 Å². The zero-order valence-electron chi connectivity index (χ0n) is 11.7. The molecule has 2 aliphatic heterocycles. The Labute approximate surface area is 126 Å². The largest absolute Gasteiger partial charge is 0.483 e. The van der Waals surface area contributed by atoms with Crippen LogP contribution in [0.1, 0.15) is 12.0 Å². The number of aliphatic hydroxyl groups is 1. The number of aliphatic hydroxyl groups excluding tert-OH is 1. The number of aromatic nitrogens is 4. The molecule has 0 fully saturated rings. The van der Waals surface area contributed by atoms with Crippen LogP contribution in [0, 0.1) is 0 Å². The number of nitrogens with zero attached hydrogens (tertiary/aromatic N) is 4. The van der Waals surface area contributed by atoms with E-state index in [2.05, 4.69) is 20.4 Å². The molecular weight excluding hydrogens is 288 g/mol. The van der Waals surface area contributed by atoms with E-state index < -0.39 is 6.10 Å². The fraction of sp³-hybridized carbons (Fsp3) is 0.429. The van der Waals surface area contributed by atoms with Crippen LogP contribution in [0.15, 0.2) is 12.3 Å². The minimum absolute atomic E-state index is 0.138. The van der Waals surface area contributed by atoms with E-state index in [0.29, 0.717) is 29.5 Å². The molecule has 114 valence electrons. The molecule has 4 rings (SSSR count). The molecule has 2 aromatic heterocycles. The molecule has 2 aliphatic rings. The van der Waals surface area contributed by atoms with Gasteiger partial charge in [0.2, 0.25) is 5.88 Å². The molecule has 0 radical (unpaired) electrons. The predicted molar refractivity (Wildman–Crippen MR) is 73.9 cm³/mol. The number of hydrogen-bond acceptors (Lipinski definition) is 8. The van der Waals surface area contributed by atoms with Crippen molar-refractivity contribution in [3.05, 3.63) is 17.8 Å². The van der Waals surface area contributed by atoms with Crippen LogP contribution in [0.3, 0.4) is 0 Å². The summed E-state index contributed by atoms with van der Waals surface area (Å²) < 4.78 is 16.7. The van der Waals surface area contributed by atoms with Gasteiger partial charge < -0.3 is 19.3 Å². The fourth-order valence-corrected chi connectivity index (χ4v) is 2.50. The Morgan fingerprint density at radius 1 is 1.18 bits per heavy atom. The van der Waals surface area contributed by atoms with Crippen molar-refractivity contribution in [2.45, 2.75) is 18.9 Å². The number of hydrogen-bond donors (Lipinski definition) is 1. The highest BCUT2D eigenvalue weighted by Crippen LogP contribution is 2.38. The Bertz CT molecular complexity index is 709. The SMILES string of the molecule is OCC1COc2c(-c3cc4c(nn3)OCCC4)cnnc2O1. The minimum Gasteiger partial charge on any atom is -0.483 e. The third-order valence-electron chi connectivity index (χ3n) is 3.61. The second-order valence-electron chi connectivity index (χ2n) is 5.14. The van der Waals surface area contributed by atoms with E-state index in [-0.39, 0.29) is 19.1 Å². The van der Waals surface area contributed by atoms with Crippen molar-refractivity contribution >= 4 is 0 Å². The lowest BCUT2D eigenvalue weighted by atomic mass is 10.1.